The molecule has 1 aromatic heterocycles. The maximum atomic E-state index is 11.7. The summed E-state index contributed by atoms with van der Waals surface area (Å²) in [6, 6.07) is 3.29. The zero-order valence-corrected chi connectivity index (χ0v) is 8.85. The van der Waals surface area contributed by atoms with Crippen LogP contribution in [0.3, 0.4) is 0 Å². The number of hydrogen-bond acceptors (Lipinski definition) is 3. The monoisotopic (exact) mass is 208 g/mol. The smallest absolute Gasteiger partial charge is 0.250 e. The van der Waals surface area contributed by atoms with Crippen LogP contribution in [0.1, 0.15) is 25.3 Å². The van der Waals surface area contributed by atoms with Gasteiger partial charge in [-0.25, -0.2) is 0 Å². The predicted octanol–water partition coefficient (Wildman–Crippen LogP) is 1.17. The first kappa shape index (κ1) is 10.2. The number of nitrogens with two attached hydrogens (primary N) is 1. The summed E-state index contributed by atoms with van der Waals surface area (Å²) in [5.41, 5.74) is 6.30. The number of pyridine rings is 1. The molecule has 1 saturated carbocycles. The molecular formula is C11H16N2O2. The number of nitrogens with zero attached hydrogens (tertiary/aromatic N) is 1. The number of rotatable bonds is 2. The molecule has 0 amide bonds. The van der Waals surface area contributed by atoms with E-state index in [1.807, 2.05) is 0 Å². The number of methoxy groups -OCH3 is 1. The van der Waals surface area contributed by atoms with Crippen LogP contribution in [0.4, 0.5) is 5.69 Å². The van der Waals surface area contributed by atoms with Crippen molar-refractivity contribution in [2.45, 2.75) is 31.4 Å². The molecule has 15 heavy (non-hydrogen) atoms. The van der Waals surface area contributed by atoms with Crippen molar-refractivity contribution < 1.29 is 4.74 Å². The fourth-order valence-corrected chi connectivity index (χ4v) is 2.28. The Balaban J connectivity index is 2.36. The van der Waals surface area contributed by atoms with Crippen LogP contribution in [-0.4, -0.2) is 17.8 Å². The van der Waals surface area contributed by atoms with Crippen LogP contribution in [0.15, 0.2) is 23.1 Å². The zero-order chi connectivity index (χ0) is 10.8. The van der Waals surface area contributed by atoms with Crippen molar-refractivity contribution >= 4 is 5.69 Å². The number of nitrogen functional groups attached to an aromatic ring is 1. The second kappa shape index (κ2) is 4.06. The van der Waals surface area contributed by atoms with Crippen molar-refractivity contribution in [3.63, 3.8) is 0 Å². The summed E-state index contributed by atoms with van der Waals surface area (Å²) >= 11 is 0. The van der Waals surface area contributed by atoms with Crippen LogP contribution in [0.2, 0.25) is 0 Å². The summed E-state index contributed by atoms with van der Waals surface area (Å²) in [4.78, 5) is 11.7. The van der Waals surface area contributed by atoms with E-state index in [-0.39, 0.29) is 17.7 Å². The molecule has 1 heterocycles. The Morgan fingerprint density at radius 2 is 2.27 bits per heavy atom. The minimum Gasteiger partial charge on any atom is -0.398 e. The van der Waals surface area contributed by atoms with Crippen LogP contribution in [0, 0.1) is 0 Å². The zero-order valence-electron chi connectivity index (χ0n) is 8.85. The van der Waals surface area contributed by atoms with Gasteiger partial charge in [-0.05, 0) is 25.3 Å². The average molecular weight is 208 g/mol. The number of aromatic nitrogens is 1. The summed E-state index contributed by atoms with van der Waals surface area (Å²) < 4.78 is 7.08. The van der Waals surface area contributed by atoms with Gasteiger partial charge in [-0.1, -0.05) is 0 Å². The van der Waals surface area contributed by atoms with Gasteiger partial charge in [0.1, 0.15) is 0 Å². The molecule has 4 heteroatoms. The molecule has 0 saturated heterocycles. The SMILES string of the molecule is COC1CCCC1n1cc(N)ccc1=O. The third-order valence-electron chi connectivity index (χ3n) is 3.04. The van der Waals surface area contributed by atoms with E-state index in [0.29, 0.717) is 5.69 Å². The summed E-state index contributed by atoms with van der Waals surface area (Å²) in [7, 11) is 1.69. The van der Waals surface area contributed by atoms with Crippen LogP contribution < -0.4 is 11.3 Å². The first-order valence-electron chi connectivity index (χ1n) is 5.23. The third kappa shape index (κ3) is 1.90. The van der Waals surface area contributed by atoms with Crippen LogP contribution >= 0.6 is 0 Å². The van der Waals surface area contributed by atoms with Gasteiger partial charge >= 0.3 is 0 Å². The standard InChI is InChI=1S/C11H16N2O2/c1-15-10-4-2-3-9(10)13-7-8(12)5-6-11(13)14/h5-7,9-10H,2-4,12H2,1H3. The van der Waals surface area contributed by atoms with Gasteiger partial charge in [-0.15, -0.1) is 0 Å². The van der Waals surface area contributed by atoms with Crippen molar-refractivity contribution in [1.82, 2.24) is 4.57 Å². The molecule has 1 aliphatic carbocycles. The highest BCUT2D eigenvalue weighted by atomic mass is 16.5. The van der Waals surface area contributed by atoms with Crippen molar-refractivity contribution in [2.75, 3.05) is 12.8 Å². The molecule has 2 unspecified atom stereocenters. The van der Waals surface area contributed by atoms with Crippen LogP contribution in [0.5, 0.6) is 0 Å². The van der Waals surface area contributed by atoms with Gasteiger partial charge in [0.25, 0.3) is 5.56 Å². The molecule has 4 nitrogen and oxygen atoms in total. The third-order valence-corrected chi connectivity index (χ3v) is 3.04. The van der Waals surface area contributed by atoms with E-state index in [0.717, 1.165) is 19.3 Å². The van der Waals surface area contributed by atoms with Crippen LogP contribution in [0.25, 0.3) is 0 Å². The molecular weight excluding hydrogens is 192 g/mol. The minimum absolute atomic E-state index is 0.00171. The highest BCUT2D eigenvalue weighted by molar-refractivity contribution is 5.33. The fraction of sp³-hybridized carbons (Fsp3) is 0.545. The van der Waals surface area contributed by atoms with E-state index in [1.165, 1.54) is 6.07 Å². The summed E-state index contributed by atoms with van der Waals surface area (Å²) in [5.74, 6) is 0. The van der Waals surface area contributed by atoms with Gasteiger partial charge in [-0.2, -0.15) is 0 Å². The lowest BCUT2D eigenvalue weighted by Crippen LogP contribution is -2.29. The van der Waals surface area contributed by atoms with Crippen molar-refractivity contribution in [3.05, 3.63) is 28.7 Å². The molecule has 2 atom stereocenters. The number of ether oxygens (including phenoxy) is 1. The van der Waals surface area contributed by atoms with E-state index >= 15 is 0 Å². The lowest BCUT2D eigenvalue weighted by Gasteiger charge is -2.20. The van der Waals surface area contributed by atoms with E-state index in [2.05, 4.69) is 0 Å². The molecule has 0 bridgehead atoms. The molecule has 82 valence electrons. The van der Waals surface area contributed by atoms with Crippen molar-refractivity contribution in [2.24, 2.45) is 0 Å². The second-order valence-corrected chi connectivity index (χ2v) is 3.98. The van der Waals surface area contributed by atoms with Crippen molar-refractivity contribution in [3.8, 4) is 0 Å². The Hall–Kier alpha value is -1.29. The van der Waals surface area contributed by atoms with E-state index in [1.54, 1.807) is 23.9 Å². The maximum Gasteiger partial charge on any atom is 0.250 e. The normalized spacial score (nSPS) is 25.7. The second-order valence-electron chi connectivity index (χ2n) is 3.98. The molecule has 1 fully saturated rings. The Kier molecular flexibility index (Phi) is 2.77. The number of hydrogen-bond donors (Lipinski definition) is 1. The lowest BCUT2D eigenvalue weighted by atomic mass is 10.2. The molecule has 2 N–H and O–H groups in total. The van der Waals surface area contributed by atoms with Gasteiger partial charge < -0.3 is 15.0 Å². The molecule has 2 rings (SSSR count). The minimum atomic E-state index is -0.00171. The summed E-state index contributed by atoms with van der Waals surface area (Å²) in [6.45, 7) is 0. The van der Waals surface area contributed by atoms with Crippen LogP contribution in [-0.2, 0) is 4.74 Å². The Bertz CT molecular complexity index is 400. The highest BCUT2D eigenvalue weighted by Crippen LogP contribution is 2.31. The topological polar surface area (TPSA) is 57.2 Å². The lowest BCUT2D eigenvalue weighted by molar-refractivity contribution is 0.0739. The summed E-state index contributed by atoms with van der Waals surface area (Å²) in [6.07, 6.45) is 4.96. The molecule has 1 aromatic rings. The van der Waals surface area contributed by atoms with Gasteiger partial charge in [0.2, 0.25) is 0 Å². The van der Waals surface area contributed by atoms with Crippen molar-refractivity contribution in [1.29, 1.82) is 0 Å². The molecule has 0 aromatic carbocycles. The average Bonchev–Trinajstić information content (AvgIpc) is 2.69. The maximum absolute atomic E-state index is 11.7. The summed E-state index contributed by atoms with van der Waals surface area (Å²) in [5, 5.41) is 0. The Labute approximate surface area is 88.7 Å². The van der Waals surface area contributed by atoms with E-state index in [9.17, 15) is 4.79 Å². The van der Waals surface area contributed by atoms with E-state index in [4.69, 9.17) is 10.5 Å². The largest absolute Gasteiger partial charge is 0.398 e. The number of anilines is 1. The quantitative estimate of drug-likeness (QED) is 0.793. The first-order valence-corrected chi connectivity index (χ1v) is 5.23. The highest BCUT2D eigenvalue weighted by Gasteiger charge is 2.28. The van der Waals surface area contributed by atoms with E-state index < -0.39 is 0 Å². The first-order chi connectivity index (χ1) is 7.22. The Morgan fingerprint density at radius 1 is 1.47 bits per heavy atom. The molecule has 0 spiro atoms. The van der Waals surface area contributed by atoms with Gasteiger partial charge in [0.05, 0.1) is 12.1 Å². The molecule has 0 aliphatic heterocycles. The molecule has 1 aliphatic rings. The van der Waals surface area contributed by atoms with Gasteiger partial charge in [0, 0.05) is 25.1 Å². The molecule has 0 radical (unpaired) electrons. The fourth-order valence-electron chi connectivity index (χ4n) is 2.28. The van der Waals surface area contributed by atoms with Gasteiger partial charge in [0.15, 0.2) is 0 Å². The predicted molar refractivity (Wildman–Crippen MR) is 58.8 cm³/mol. The van der Waals surface area contributed by atoms with Gasteiger partial charge in [-0.3, -0.25) is 4.79 Å². The Morgan fingerprint density at radius 3 is 3.00 bits per heavy atom.